The number of hydrogen-bond acceptors (Lipinski definition) is 3. The number of hydrogen-bond donors (Lipinski definition) is 1. The molecule has 1 aromatic carbocycles. The second kappa shape index (κ2) is 3.49. The first-order valence-electron chi connectivity index (χ1n) is 4.72. The number of carboxylic acids is 1. The molecule has 0 aliphatic rings. The van der Waals surface area contributed by atoms with E-state index in [9.17, 15) is 4.79 Å². The highest BCUT2D eigenvalue weighted by Gasteiger charge is 2.30. The van der Waals surface area contributed by atoms with E-state index in [1.54, 1.807) is 32.0 Å². The first-order valence-corrected chi connectivity index (χ1v) is 5.09. The quantitative estimate of drug-likeness (QED) is 0.875. The molecule has 2 aromatic rings. The summed E-state index contributed by atoms with van der Waals surface area (Å²) in [6.45, 7) is 3.27. The maximum absolute atomic E-state index is 11.1. The number of fused-ring (bicyclic) bond motifs is 1. The molecule has 0 unspecified atom stereocenters. The molecule has 1 N–H and O–H groups in total. The van der Waals surface area contributed by atoms with Crippen LogP contribution >= 0.6 is 11.6 Å². The molecule has 5 heteroatoms. The van der Waals surface area contributed by atoms with Crippen molar-refractivity contribution in [2.45, 2.75) is 19.3 Å². The van der Waals surface area contributed by atoms with Crippen LogP contribution < -0.4 is 0 Å². The van der Waals surface area contributed by atoms with Crippen LogP contribution in [0.3, 0.4) is 0 Å². The van der Waals surface area contributed by atoms with E-state index in [1.807, 2.05) is 0 Å². The van der Waals surface area contributed by atoms with E-state index in [0.29, 0.717) is 16.5 Å². The molecule has 2 rings (SSSR count). The van der Waals surface area contributed by atoms with E-state index in [4.69, 9.17) is 21.2 Å². The molecule has 0 aliphatic heterocycles. The van der Waals surface area contributed by atoms with Gasteiger partial charge in [0.25, 0.3) is 0 Å². The number of carboxylic acid groups (broad SMARTS) is 1. The Balaban J connectivity index is 2.62. The minimum absolute atomic E-state index is 0.248. The van der Waals surface area contributed by atoms with Gasteiger partial charge in [0.05, 0.1) is 10.8 Å². The highest BCUT2D eigenvalue weighted by Crippen LogP contribution is 2.30. The molecule has 0 atom stereocenters. The topological polar surface area (TPSA) is 63.3 Å². The second-order valence-electron chi connectivity index (χ2n) is 4.11. The largest absolute Gasteiger partial charge is 0.481 e. The molecule has 1 aromatic heterocycles. The van der Waals surface area contributed by atoms with Crippen molar-refractivity contribution >= 4 is 28.5 Å². The Morgan fingerprint density at radius 1 is 1.50 bits per heavy atom. The summed E-state index contributed by atoms with van der Waals surface area (Å²) in [5.41, 5.74) is 0.252. The summed E-state index contributed by atoms with van der Waals surface area (Å²) in [6, 6.07) is 5.08. The smallest absolute Gasteiger partial charge is 0.313 e. The summed E-state index contributed by atoms with van der Waals surface area (Å²) in [4.78, 5) is 11.1. The fourth-order valence-corrected chi connectivity index (χ4v) is 1.60. The Labute approximate surface area is 96.8 Å². The van der Waals surface area contributed by atoms with Crippen molar-refractivity contribution in [3.8, 4) is 0 Å². The highest BCUT2D eigenvalue weighted by molar-refractivity contribution is 6.34. The first kappa shape index (κ1) is 11.0. The van der Waals surface area contributed by atoms with Crippen molar-refractivity contribution < 1.29 is 14.4 Å². The number of rotatable bonds is 2. The van der Waals surface area contributed by atoms with E-state index in [1.165, 1.54) is 0 Å². The molecule has 4 nitrogen and oxygen atoms in total. The molecule has 84 valence electrons. The normalized spacial score (nSPS) is 11.9. The Hall–Kier alpha value is -1.55. The molecule has 0 fully saturated rings. The Morgan fingerprint density at radius 2 is 2.19 bits per heavy atom. The standard InChI is InChI=1S/C11H10ClNO3/c1-11(2,10(14)15)6-3-4-8-7(5-6)9(12)13-16-8/h3-5H,1-2H3,(H,14,15). The minimum Gasteiger partial charge on any atom is -0.481 e. The van der Waals surface area contributed by atoms with E-state index in [-0.39, 0.29) is 5.15 Å². The number of aliphatic carboxylic acids is 1. The molecule has 0 saturated heterocycles. The van der Waals surface area contributed by atoms with E-state index in [0.717, 1.165) is 0 Å². The third kappa shape index (κ3) is 1.55. The molecule has 0 amide bonds. The Kier molecular flexibility index (Phi) is 2.39. The van der Waals surface area contributed by atoms with Gasteiger partial charge in [-0.05, 0) is 31.5 Å². The van der Waals surface area contributed by atoms with Gasteiger partial charge in [-0.1, -0.05) is 22.8 Å². The van der Waals surface area contributed by atoms with Crippen LogP contribution in [0.1, 0.15) is 19.4 Å². The van der Waals surface area contributed by atoms with Crippen molar-refractivity contribution in [3.63, 3.8) is 0 Å². The summed E-state index contributed by atoms with van der Waals surface area (Å²) >= 11 is 5.82. The van der Waals surface area contributed by atoms with Gasteiger partial charge in [-0.3, -0.25) is 4.79 Å². The third-order valence-corrected chi connectivity index (χ3v) is 2.95. The van der Waals surface area contributed by atoms with Gasteiger partial charge < -0.3 is 9.63 Å². The van der Waals surface area contributed by atoms with E-state index < -0.39 is 11.4 Å². The van der Waals surface area contributed by atoms with Crippen LogP contribution in [0.2, 0.25) is 5.15 Å². The molecule has 16 heavy (non-hydrogen) atoms. The number of carbonyl (C=O) groups is 1. The van der Waals surface area contributed by atoms with Crippen LogP contribution in [0.5, 0.6) is 0 Å². The van der Waals surface area contributed by atoms with E-state index in [2.05, 4.69) is 5.16 Å². The monoisotopic (exact) mass is 239 g/mol. The molecule has 1 heterocycles. The van der Waals surface area contributed by atoms with E-state index >= 15 is 0 Å². The maximum Gasteiger partial charge on any atom is 0.313 e. The lowest BCUT2D eigenvalue weighted by atomic mass is 9.84. The van der Waals surface area contributed by atoms with Gasteiger partial charge in [-0.25, -0.2) is 0 Å². The molecule has 0 saturated carbocycles. The molecule has 0 spiro atoms. The van der Waals surface area contributed by atoms with Crippen LogP contribution in [-0.2, 0) is 10.2 Å². The fourth-order valence-electron chi connectivity index (χ4n) is 1.42. The third-order valence-electron chi connectivity index (χ3n) is 2.68. The lowest BCUT2D eigenvalue weighted by Gasteiger charge is -2.19. The Morgan fingerprint density at radius 3 is 2.81 bits per heavy atom. The van der Waals surface area contributed by atoms with Crippen molar-refractivity contribution in [2.75, 3.05) is 0 Å². The van der Waals surface area contributed by atoms with Gasteiger partial charge >= 0.3 is 5.97 Å². The van der Waals surface area contributed by atoms with Crippen molar-refractivity contribution in [1.82, 2.24) is 5.16 Å². The lowest BCUT2D eigenvalue weighted by Crippen LogP contribution is -2.28. The predicted octanol–water partition coefficient (Wildman–Crippen LogP) is 2.84. The average Bonchev–Trinajstić information content (AvgIpc) is 2.60. The Bertz CT molecular complexity index is 559. The summed E-state index contributed by atoms with van der Waals surface area (Å²) in [6.07, 6.45) is 0. The van der Waals surface area contributed by atoms with Gasteiger partial charge in [0.1, 0.15) is 0 Å². The van der Waals surface area contributed by atoms with Gasteiger partial charge in [0.2, 0.25) is 0 Å². The zero-order chi connectivity index (χ0) is 11.9. The number of aromatic nitrogens is 1. The lowest BCUT2D eigenvalue weighted by molar-refractivity contribution is -0.142. The van der Waals surface area contributed by atoms with Crippen LogP contribution in [0.15, 0.2) is 22.7 Å². The molecular formula is C11H10ClNO3. The number of halogens is 1. The van der Waals surface area contributed by atoms with Gasteiger partial charge in [0, 0.05) is 0 Å². The van der Waals surface area contributed by atoms with Crippen molar-refractivity contribution in [3.05, 3.63) is 28.9 Å². The van der Waals surface area contributed by atoms with Crippen molar-refractivity contribution in [2.24, 2.45) is 0 Å². The zero-order valence-corrected chi connectivity index (χ0v) is 9.58. The van der Waals surface area contributed by atoms with Crippen LogP contribution in [0, 0.1) is 0 Å². The van der Waals surface area contributed by atoms with Crippen LogP contribution in [0.25, 0.3) is 11.0 Å². The zero-order valence-electron chi connectivity index (χ0n) is 8.82. The summed E-state index contributed by atoms with van der Waals surface area (Å²) in [5.74, 6) is -0.889. The summed E-state index contributed by atoms with van der Waals surface area (Å²) in [7, 11) is 0. The van der Waals surface area contributed by atoms with Gasteiger partial charge in [0.15, 0.2) is 10.7 Å². The highest BCUT2D eigenvalue weighted by atomic mass is 35.5. The SMILES string of the molecule is CC(C)(C(=O)O)c1ccc2onc(Cl)c2c1. The molecule has 0 aliphatic carbocycles. The second-order valence-corrected chi connectivity index (χ2v) is 4.47. The molecule has 0 radical (unpaired) electrons. The summed E-state index contributed by atoms with van der Waals surface area (Å²) in [5, 5.41) is 13.6. The fraction of sp³-hybridized carbons (Fsp3) is 0.273. The van der Waals surface area contributed by atoms with Crippen LogP contribution in [-0.4, -0.2) is 16.2 Å². The minimum atomic E-state index is -0.964. The first-order chi connectivity index (χ1) is 7.43. The van der Waals surface area contributed by atoms with Crippen molar-refractivity contribution in [1.29, 1.82) is 0 Å². The molecular weight excluding hydrogens is 230 g/mol. The predicted molar refractivity (Wildman–Crippen MR) is 59.7 cm³/mol. The molecule has 0 bridgehead atoms. The number of nitrogens with zero attached hydrogens (tertiary/aromatic N) is 1. The summed E-state index contributed by atoms with van der Waals surface area (Å²) < 4.78 is 4.95. The average molecular weight is 240 g/mol. The van der Waals surface area contributed by atoms with Gasteiger partial charge in [-0.2, -0.15) is 0 Å². The number of benzene rings is 1. The van der Waals surface area contributed by atoms with Crippen LogP contribution in [0.4, 0.5) is 0 Å². The maximum atomic E-state index is 11.1. The van der Waals surface area contributed by atoms with Gasteiger partial charge in [-0.15, -0.1) is 0 Å².